The summed E-state index contributed by atoms with van der Waals surface area (Å²) in [6, 6.07) is 17.8. The molecule has 5 rings (SSSR count). The van der Waals surface area contributed by atoms with Gasteiger partial charge < -0.3 is 9.97 Å². The lowest BCUT2D eigenvalue weighted by molar-refractivity contribution is 0.103. The van der Waals surface area contributed by atoms with Crippen LogP contribution in [-0.4, -0.2) is 20.7 Å². The molecule has 5 aromatic rings. The van der Waals surface area contributed by atoms with Crippen LogP contribution in [-0.2, 0) is 0 Å². The van der Waals surface area contributed by atoms with E-state index in [1.807, 2.05) is 54.0 Å². The van der Waals surface area contributed by atoms with Crippen LogP contribution < -0.4 is 0 Å². The fourth-order valence-electron chi connectivity index (χ4n) is 3.03. The summed E-state index contributed by atoms with van der Waals surface area (Å²) in [5.74, 6) is -0.0540. The van der Waals surface area contributed by atoms with Gasteiger partial charge in [-0.1, -0.05) is 18.2 Å². The number of aromatic nitrogens is 3. The summed E-state index contributed by atoms with van der Waals surface area (Å²) >= 11 is 1.48. The Morgan fingerprint density at radius 2 is 1.84 bits per heavy atom. The Bertz CT molecular complexity index is 1190. The van der Waals surface area contributed by atoms with E-state index in [1.165, 1.54) is 11.3 Å². The van der Waals surface area contributed by atoms with Crippen molar-refractivity contribution in [2.45, 2.75) is 0 Å². The molecule has 0 saturated carbocycles. The number of hydrogen-bond acceptors (Lipinski definition) is 3. The summed E-state index contributed by atoms with van der Waals surface area (Å²) in [5.41, 5.74) is 4.16. The fraction of sp³-hybridized carbons (Fsp3) is 0. The van der Waals surface area contributed by atoms with Crippen LogP contribution in [0, 0.1) is 0 Å². The van der Waals surface area contributed by atoms with Gasteiger partial charge in [0.2, 0.25) is 5.78 Å². The highest BCUT2D eigenvalue weighted by atomic mass is 32.1. The molecule has 0 aliphatic carbocycles. The smallest absolute Gasteiger partial charge is 0.212 e. The second-order valence-corrected chi connectivity index (χ2v) is 6.78. The van der Waals surface area contributed by atoms with E-state index in [2.05, 4.69) is 27.1 Å². The molecular formula is C20H13N3OS. The van der Waals surface area contributed by atoms with Crippen LogP contribution >= 0.6 is 11.3 Å². The Labute approximate surface area is 147 Å². The monoisotopic (exact) mass is 343 g/mol. The first-order chi connectivity index (χ1) is 12.3. The first kappa shape index (κ1) is 14.2. The number of nitrogens with one attached hydrogen (secondary N) is 2. The molecule has 0 radical (unpaired) electrons. The van der Waals surface area contributed by atoms with Crippen molar-refractivity contribution in [1.29, 1.82) is 0 Å². The molecule has 3 heterocycles. The van der Waals surface area contributed by atoms with E-state index in [0.29, 0.717) is 11.3 Å². The normalized spacial score (nSPS) is 11.4. The van der Waals surface area contributed by atoms with Crippen molar-refractivity contribution < 1.29 is 4.79 Å². The number of aromatic amines is 2. The zero-order valence-electron chi connectivity index (χ0n) is 13.1. The number of rotatable bonds is 3. The van der Waals surface area contributed by atoms with Crippen LogP contribution in [0.1, 0.15) is 16.1 Å². The first-order valence-electron chi connectivity index (χ1n) is 7.93. The maximum absolute atomic E-state index is 12.8. The molecule has 0 aliphatic rings. The molecule has 120 valence electrons. The van der Waals surface area contributed by atoms with Crippen LogP contribution in [0.5, 0.6) is 0 Å². The Hall–Kier alpha value is -3.18. The lowest BCUT2D eigenvalue weighted by Gasteiger charge is -1.98. The van der Waals surface area contributed by atoms with Crippen molar-refractivity contribution in [2.75, 3.05) is 0 Å². The fourth-order valence-corrected chi connectivity index (χ4v) is 3.80. The molecular weight excluding hydrogens is 330 g/mol. The van der Waals surface area contributed by atoms with Crippen LogP contribution in [0.2, 0.25) is 0 Å². The summed E-state index contributed by atoms with van der Waals surface area (Å²) in [6.45, 7) is 0. The van der Waals surface area contributed by atoms with E-state index in [0.717, 1.165) is 32.5 Å². The minimum atomic E-state index is -0.0540. The van der Waals surface area contributed by atoms with Crippen molar-refractivity contribution in [3.05, 3.63) is 77.4 Å². The van der Waals surface area contributed by atoms with Crippen LogP contribution in [0.25, 0.3) is 32.5 Å². The Morgan fingerprint density at radius 3 is 2.76 bits per heavy atom. The summed E-state index contributed by atoms with van der Waals surface area (Å²) < 4.78 is 0. The highest BCUT2D eigenvalue weighted by Crippen LogP contribution is 2.28. The van der Waals surface area contributed by atoms with Gasteiger partial charge in [0.15, 0.2) is 0 Å². The number of nitrogens with zero attached hydrogens (tertiary/aromatic N) is 1. The van der Waals surface area contributed by atoms with E-state index in [1.54, 1.807) is 0 Å². The van der Waals surface area contributed by atoms with E-state index < -0.39 is 0 Å². The number of fused-ring (bicyclic) bond motifs is 2. The predicted octanol–water partition coefficient (Wildman–Crippen LogP) is 5.00. The van der Waals surface area contributed by atoms with Crippen LogP contribution in [0.3, 0.4) is 0 Å². The zero-order valence-corrected chi connectivity index (χ0v) is 13.9. The zero-order chi connectivity index (χ0) is 16.8. The molecule has 25 heavy (non-hydrogen) atoms. The van der Waals surface area contributed by atoms with Crippen molar-refractivity contribution in [2.24, 2.45) is 0 Å². The minimum Gasteiger partial charge on any atom is -0.361 e. The predicted molar refractivity (Wildman–Crippen MR) is 101 cm³/mol. The number of para-hydroxylation sites is 1. The molecule has 2 aromatic carbocycles. The number of H-pyrrole nitrogens is 2. The standard InChI is InChI=1S/C20H13N3OS/c24-19(14-5-6-15-13(9-14)7-8-21-15)18-11-25-20(23-18)17-10-12-3-1-2-4-16(12)22-17/h1-11,21-22H. The second-order valence-electron chi connectivity index (χ2n) is 5.92. The number of ketones is 1. The summed E-state index contributed by atoms with van der Waals surface area (Å²) in [7, 11) is 0. The first-order valence-corrected chi connectivity index (χ1v) is 8.81. The third-order valence-corrected chi connectivity index (χ3v) is 5.19. The SMILES string of the molecule is O=C(c1ccc2[nH]ccc2c1)c1csc(-c2cc3ccccc3[nH]2)n1. The molecule has 0 bridgehead atoms. The van der Waals surface area contributed by atoms with Crippen molar-refractivity contribution >= 4 is 38.9 Å². The Kier molecular flexibility index (Phi) is 3.08. The van der Waals surface area contributed by atoms with Gasteiger partial charge in [0.1, 0.15) is 10.7 Å². The summed E-state index contributed by atoms with van der Waals surface area (Å²) in [6.07, 6.45) is 1.87. The highest BCUT2D eigenvalue weighted by molar-refractivity contribution is 7.13. The van der Waals surface area contributed by atoms with Crippen molar-refractivity contribution in [3.8, 4) is 10.7 Å². The van der Waals surface area contributed by atoms with Gasteiger partial charge in [0, 0.05) is 38.9 Å². The van der Waals surface area contributed by atoms with E-state index in [4.69, 9.17) is 0 Å². The lowest BCUT2D eigenvalue weighted by Crippen LogP contribution is -2.01. The Balaban J connectivity index is 1.51. The number of benzene rings is 2. The highest BCUT2D eigenvalue weighted by Gasteiger charge is 2.15. The minimum absolute atomic E-state index is 0.0540. The molecule has 0 unspecified atom stereocenters. The maximum Gasteiger partial charge on any atom is 0.212 e. The molecule has 3 aromatic heterocycles. The van der Waals surface area contributed by atoms with E-state index >= 15 is 0 Å². The summed E-state index contributed by atoms with van der Waals surface area (Å²) in [5, 5.41) is 4.81. The molecule has 2 N–H and O–H groups in total. The molecule has 4 nitrogen and oxygen atoms in total. The molecule has 0 spiro atoms. The number of carbonyl (C=O) groups excluding carboxylic acids is 1. The molecule has 0 saturated heterocycles. The van der Waals surface area contributed by atoms with Crippen LogP contribution in [0.15, 0.2) is 66.2 Å². The third kappa shape index (κ3) is 2.37. The van der Waals surface area contributed by atoms with Gasteiger partial charge in [-0.25, -0.2) is 4.98 Å². The van der Waals surface area contributed by atoms with Gasteiger partial charge in [-0.15, -0.1) is 11.3 Å². The number of thiazole rings is 1. The third-order valence-electron chi connectivity index (χ3n) is 4.31. The average molecular weight is 343 g/mol. The number of carbonyl (C=O) groups is 1. The molecule has 5 heteroatoms. The van der Waals surface area contributed by atoms with Gasteiger partial charge >= 0.3 is 0 Å². The molecule has 0 fully saturated rings. The van der Waals surface area contributed by atoms with Crippen LogP contribution in [0.4, 0.5) is 0 Å². The topological polar surface area (TPSA) is 61.5 Å². The Morgan fingerprint density at radius 1 is 0.960 bits per heavy atom. The van der Waals surface area contributed by atoms with Crippen molar-refractivity contribution in [3.63, 3.8) is 0 Å². The van der Waals surface area contributed by atoms with Gasteiger partial charge in [0.25, 0.3) is 0 Å². The van der Waals surface area contributed by atoms with E-state index in [9.17, 15) is 4.79 Å². The average Bonchev–Trinajstić information content (AvgIpc) is 3.37. The second kappa shape index (κ2) is 5.43. The van der Waals surface area contributed by atoms with Gasteiger partial charge in [-0.2, -0.15) is 0 Å². The lowest BCUT2D eigenvalue weighted by atomic mass is 10.1. The van der Waals surface area contributed by atoms with Gasteiger partial charge in [0.05, 0.1) is 5.69 Å². The summed E-state index contributed by atoms with van der Waals surface area (Å²) in [4.78, 5) is 23.8. The van der Waals surface area contributed by atoms with Gasteiger partial charge in [-0.3, -0.25) is 4.79 Å². The van der Waals surface area contributed by atoms with Crippen molar-refractivity contribution in [1.82, 2.24) is 15.0 Å². The number of hydrogen-bond donors (Lipinski definition) is 2. The molecule has 0 amide bonds. The quantitative estimate of drug-likeness (QED) is 0.453. The van der Waals surface area contributed by atoms with E-state index in [-0.39, 0.29) is 5.78 Å². The van der Waals surface area contributed by atoms with Gasteiger partial charge in [-0.05, 0) is 36.4 Å². The maximum atomic E-state index is 12.8. The molecule has 0 atom stereocenters. The molecule has 0 aliphatic heterocycles. The largest absolute Gasteiger partial charge is 0.361 e.